The molecule has 0 bridgehead atoms. The topological polar surface area (TPSA) is 31.2 Å². The van der Waals surface area contributed by atoms with E-state index in [1.165, 1.54) is 16.3 Å². The predicted molar refractivity (Wildman–Crippen MR) is 212 cm³/mol. The van der Waals surface area contributed by atoms with Crippen molar-refractivity contribution < 1.29 is 8.83 Å². The van der Waals surface area contributed by atoms with Crippen molar-refractivity contribution in [3.8, 4) is 39.1 Å². The van der Waals surface area contributed by atoms with E-state index in [9.17, 15) is 0 Å². The molecule has 3 aromatic heterocycles. The molecule has 0 unspecified atom stereocenters. The predicted octanol–water partition coefficient (Wildman–Crippen LogP) is 13.6. The van der Waals surface area contributed by atoms with E-state index in [4.69, 9.17) is 8.83 Å². The van der Waals surface area contributed by atoms with Crippen LogP contribution in [0.25, 0.3) is 105 Å². The first-order valence-corrected chi connectivity index (χ1v) is 17.3. The molecule has 51 heavy (non-hydrogen) atoms. The molecule has 0 fully saturated rings. The lowest BCUT2D eigenvalue weighted by atomic mass is 9.92. The Morgan fingerprint density at radius 1 is 0.333 bits per heavy atom. The Hall–Kier alpha value is -6.84. The summed E-state index contributed by atoms with van der Waals surface area (Å²) in [6, 6.07) is 62.5. The SMILES string of the molecule is c1ccc(-c2cc(-c3ccc(-n4c5ccccc5c5ccc6c7ccccc7oc6c54)cc3)cc(-c3cccc4c3oc3ccccc34)c2)cc1. The molecule has 0 saturated carbocycles. The average Bonchev–Trinajstić information content (AvgIpc) is 3.88. The van der Waals surface area contributed by atoms with Crippen molar-refractivity contribution in [2.45, 2.75) is 0 Å². The molecule has 0 spiro atoms. The van der Waals surface area contributed by atoms with Crippen molar-refractivity contribution >= 4 is 65.7 Å². The molecule has 0 N–H and O–H groups in total. The summed E-state index contributed by atoms with van der Waals surface area (Å²) in [4.78, 5) is 0. The summed E-state index contributed by atoms with van der Waals surface area (Å²) in [5.41, 5.74) is 13.8. The maximum absolute atomic E-state index is 6.58. The van der Waals surface area contributed by atoms with Crippen molar-refractivity contribution in [2.75, 3.05) is 0 Å². The quantitative estimate of drug-likeness (QED) is 0.190. The molecule has 0 aliphatic rings. The maximum Gasteiger partial charge on any atom is 0.160 e. The van der Waals surface area contributed by atoms with E-state index in [0.717, 1.165) is 88.4 Å². The Bertz CT molecular complexity index is 3120. The van der Waals surface area contributed by atoms with E-state index >= 15 is 0 Å². The molecule has 0 radical (unpaired) electrons. The molecule has 11 rings (SSSR count). The summed E-state index contributed by atoms with van der Waals surface area (Å²) in [6.07, 6.45) is 0. The van der Waals surface area contributed by atoms with E-state index in [1.807, 2.05) is 18.2 Å². The molecule has 3 heterocycles. The minimum atomic E-state index is 0.902. The third-order valence-corrected chi connectivity index (χ3v) is 10.4. The highest BCUT2D eigenvalue weighted by molar-refractivity contribution is 6.21. The number of rotatable bonds is 4. The van der Waals surface area contributed by atoms with E-state index < -0.39 is 0 Å². The van der Waals surface area contributed by atoms with E-state index in [0.29, 0.717) is 0 Å². The second-order valence-corrected chi connectivity index (χ2v) is 13.3. The number of hydrogen-bond donors (Lipinski definition) is 0. The number of para-hydroxylation sites is 4. The first-order chi connectivity index (χ1) is 25.3. The zero-order chi connectivity index (χ0) is 33.5. The minimum absolute atomic E-state index is 0.902. The van der Waals surface area contributed by atoms with E-state index in [1.54, 1.807) is 0 Å². The van der Waals surface area contributed by atoms with Gasteiger partial charge in [0.25, 0.3) is 0 Å². The van der Waals surface area contributed by atoms with Gasteiger partial charge in [0, 0.05) is 43.6 Å². The summed E-state index contributed by atoms with van der Waals surface area (Å²) in [6.45, 7) is 0. The molecule has 0 aliphatic heterocycles. The fraction of sp³-hybridized carbons (Fsp3) is 0. The monoisotopic (exact) mass is 651 g/mol. The Morgan fingerprint density at radius 2 is 0.882 bits per heavy atom. The smallest absolute Gasteiger partial charge is 0.160 e. The molecule has 238 valence electrons. The van der Waals surface area contributed by atoms with Crippen LogP contribution in [0.1, 0.15) is 0 Å². The summed E-state index contributed by atoms with van der Waals surface area (Å²) < 4.78 is 15.4. The second-order valence-electron chi connectivity index (χ2n) is 13.3. The lowest BCUT2D eigenvalue weighted by Crippen LogP contribution is -1.94. The first-order valence-electron chi connectivity index (χ1n) is 17.3. The van der Waals surface area contributed by atoms with Crippen molar-refractivity contribution in [3.05, 3.63) is 176 Å². The molecule has 0 amide bonds. The standard InChI is InChI=1S/C48H29NO2/c1-2-11-30(12-3-1)32-27-33(29-34(28-32)36-16-10-17-41-38-14-5-8-19-44(38)50-47(36)41)31-21-23-35(24-22-31)49-43-18-7-4-13-37(43)40-25-26-42-39-15-6-9-20-45(39)51-48(42)46(40)49/h1-29H. The van der Waals surface area contributed by atoms with Crippen LogP contribution in [0.5, 0.6) is 0 Å². The number of benzene rings is 8. The molecule has 0 saturated heterocycles. The van der Waals surface area contributed by atoms with Gasteiger partial charge in [0.1, 0.15) is 16.7 Å². The largest absolute Gasteiger partial charge is 0.455 e. The van der Waals surface area contributed by atoms with Gasteiger partial charge in [-0.25, -0.2) is 0 Å². The van der Waals surface area contributed by atoms with Crippen LogP contribution in [0.3, 0.4) is 0 Å². The van der Waals surface area contributed by atoms with Crippen LogP contribution >= 0.6 is 0 Å². The number of furan rings is 2. The fourth-order valence-electron chi connectivity index (χ4n) is 8.02. The van der Waals surface area contributed by atoms with Gasteiger partial charge in [0.2, 0.25) is 0 Å². The zero-order valence-electron chi connectivity index (χ0n) is 27.5. The number of nitrogens with zero attached hydrogens (tertiary/aromatic N) is 1. The Balaban J connectivity index is 1.10. The van der Waals surface area contributed by atoms with Gasteiger partial charge < -0.3 is 13.4 Å². The molecular formula is C48H29NO2. The van der Waals surface area contributed by atoms with Crippen molar-refractivity contribution in [2.24, 2.45) is 0 Å². The minimum Gasteiger partial charge on any atom is -0.455 e. The van der Waals surface area contributed by atoms with E-state index in [-0.39, 0.29) is 0 Å². The van der Waals surface area contributed by atoms with Crippen LogP contribution in [0.15, 0.2) is 185 Å². The number of aromatic nitrogens is 1. The van der Waals surface area contributed by atoms with Gasteiger partial charge in [-0.05, 0) is 82.4 Å². The summed E-state index contributed by atoms with van der Waals surface area (Å²) in [5.74, 6) is 0. The Morgan fingerprint density at radius 3 is 1.63 bits per heavy atom. The second kappa shape index (κ2) is 10.8. The third kappa shape index (κ3) is 4.25. The van der Waals surface area contributed by atoms with Crippen LogP contribution in [0.4, 0.5) is 0 Å². The summed E-state index contributed by atoms with van der Waals surface area (Å²) in [7, 11) is 0. The van der Waals surface area contributed by atoms with Gasteiger partial charge >= 0.3 is 0 Å². The molecule has 3 heteroatoms. The van der Waals surface area contributed by atoms with Crippen LogP contribution in [0.2, 0.25) is 0 Å². The Labute approximate surface area is 293 Å². The van der Waals surface area contributed by atoms with Crippen LogP contribution in [-0.2, 0) is 0 Å². The maximum atomic E-state index is 6.58. The number of hydrogen-bond acceptors (Lipinski definition) is 2. The van der Waals surface area contributed by atoms with Crippen molar-refractivity contribution in [3.63, 3.8) is 0 Å². The highest BCUT2D eigenvalue weighted by Crippen LogP contribution is 2.42. The van der Waals surface area contributed by atoms with Gasteiger partial charge in [-0.2, -0.15) is 0 Å². The zero-order valence-corrected chi connectivity index (χ0v) is 27.5. The average molecular weight is 652 g/mol. The van der Waals surface area contributed by atoms with Gasteiger partial charge in [0.05, 0.1) is 11.0 Å². The fourth-order valence-corrected chi connectivity index (χ4v) is 8.02. The van der Waals surface area contributed by atoms with Gasteiger partial charge in [-0.3, -0.25) is 0 Å². The summed E-state index contributed by atoms with van der Waals surface area (Å²) in [5, 5.41) is 6.91. The molecular weight excluding hydrogens is 623 g/mol. The molecule has 0 aliphatic carbocycles. The van der Waals surface area contributed by atoms with Gasteiger partial charge in [-0.15, -0.1) is 0 Å². The van der Waals surface area contributed by atoms with Crippen molar-refractivity contribution in [1.29, 1.82) is 0 Å². The van der Waals surface area contributed by atoms with Crippen LogP contribution in [-0.4, -0.2) is 4.57 Å². The first kappa shape index (κ1) is 28.0. The van der Waals surface area contributed by atoms with Crippen LogP contribution in [0, 0.1) is 0 Å². The van der Waals surface area contributed by atoms with E-state index in [2.05, 4.69) is 162 Å². The highest BCUT2D eigenvalue weighted by Gasteiger charge is 2.19. The molecule has 3 nitrogen and oxygen atoms in total. The molecule has 8 aromatic carbocycles. The van der Waals surface area contributed by atoms with Crippen LogP contribution < -0.4 is 0 Å². The number of fused-ring (bicyclic) bond motifs is 10. The lowest BCUT2D eigenvalue weighted by Gasteiger charge is -2.13. The van der Waals surface area contributed by atoms with Crippen molar-refractivity contribution in [1.82, 2.24) is 4.57 Å². The van der Waals surface area contributed by atoms with Gasteiger partial charge in [0.15, 0.2) is 5.58 Å². The third-order valence-electron chi connectivity index (χ3n) is 10.4. The highest BCUT2D eigenvalue weighted by atomic mass is 16.3. The Kier molecular flexibility index (Phi) is 5.96. The van der Waals surface area contributed by atoms with Gasteiger partial charge in [-0.1, -0.05) is 121 Å². The normalized spacial score (nSPS) is 11.9. The summed E-state index contributed by atoms with van der Waals surface area (Å²) >= 11 is 0. The lowest BCUT2D eigenvalue weighted by molar-refractivity contribution is 0.670. The molecule has 0 atom stereocenters. The molecule has 11 aromatic rings.